The smallest absolute Gasteiger partial charge is 0.268 e. The van der Waals surface area contributed by atoms with Gasteiger partial charge in [0, 0.05) is 23.5 Å². The average molecular weight is 313 g/mol. The largest absolute Gasteiger partial charge is 0.394 e. The first-order valence-corrected chi connectivity index (χ1v) is 7.23. The number of rotatable bonds is 6. The van der Waals surface area contributed by atoms with E-state index in [9.17, 15) is 9.59 Å². The zero-order chi connectivity index (χ0) is 16.7. The van der Waals surface area contributed by atoms with Crippen molar-refractivity contribution in [3.05, 3.63) is 65.6 Å². The first kappa shape index (κ1) is 16.5. The number of aliphatic hydroxyl groups is 1. The fourth-order valence-electron chi connectivity index (χ4n) is 1.88. The fourth-order valence-corrected chi connectivity index (χ4v) is 1.88. The number of hydrogen-bond acceptors (Lipinski definition) is 3. The van der Waals surface area contributed by atoms with Crippen LogP contribution in [0, 0.1) is 0 Å². The van der Waals surface area contributed by atoms with Crippen LogP contribution in [0.3, 0.4) is 0 Å². The van der Waals surface area contributed by atoms with E-state index in [2.05, 4.69) is 15.6 Å². The molecule has 1 atom stereocenters. The Hall–Kier alpha value is -2.86. The second-order valence-corrected chi connectivity index (χ2v) is 5.06. The van der Waals surface area contributed by atoms with Crippen molar-refractivity contribution in [2.45, 2.75) is 13.0 Å². The summed E-state index contributed by atoms with van der Waals surface area (Å²) in [6.45, 7) is 1.48. The minimum Gasteiger partial charge on any atom is -0.394 e. The van der Waals surface area contributed by atoms with Crippen LogP contribution in [0.4, 0.5) is 0 Å². The highest BCUT2D eigenvalue weighted by Gasteiger charge is 2.16. The van der Waals surface area contributed by atoms with Gasteiger partial charge in [0.25, 0.3) is 11.8 Å². The zero-order valence-electron chi connectivity index (χ0n) is 12.7. The number of aliphatic hydroxyl groups excluding tert-OH is 1. The summed E-state index contributed by atoms with van der Waals surface area (Å²) >= 11 is 0. The van der Waals surface area contributed by atoms with Gasteiger partial charge in [0.05, 0.1) is 6.61 Å². The van der Waals surface area contributed by atoms with Crippen LogP contribution in [0.25, 0.3) is 6.08 Å². The molecule has 1 heterocycles. The molecule has 2 rings (SSSR count). The molecule has 0 aliphatic rings. The first-order valence-electron chi connectivity index (χ1n) is 7.23. The van der Waals surface area contributed by atoms with Gasteiger partial charge in [-0.1, -0.05) is 18.2 Å². The summed E-state index contributed by atoms with van der Waals surface area (Å²) in [5, 5.41) is 14.3. The number of hydrogen-bond donors (Lipinski definition) is 4. The lowest BCUT2D eigenvalue weighted by molar-refractivity contribution is -0.118. The molecule has 23 heavy (non-hydrogen) atoms. The Morgan fingerprint density at radius 1 is 1.22 bits per heavy atom. The van der Waals surface area contributed by atoms with E-state index in [0.29, 0.717) is 11.3 Å². The van der Waals surface area contributed by atoms with Gasteiger partial charge in [0.2, 0.25) is 0 Å². The van der Waals surface area contributed by atoms with Crippen LogP contribution >= 0.6 is 0 Å². The molecule has 0 aliphatic carbocycles. The van der Waals surface area contributed by atoms with Crippen molar-refractivity contribution >= 4 is 17.9 Å². The van der Waals surface area contributed by atoms with E-state index in [1.165, 1.54) is 0 Å². The number of aromatic nitrogens is 1. The quantitative estimate of drug-likeness (QED) is 0.605. The summed E-state index contributed by atoms with van der Waals surface area (Å²) in [7, 11) is 0. The van der Waals surface area contributed by atoms with E-state index in [-0.39, 0.29) is 18.2 Å². The van der Waals surface area contributed by atoms with Crippen LogP contribution in [0.5, 0.6) is 0 Å². The van der Waals surface area contributed by atoms with Crippen LogP contribution in [0.15, 0.2) is 54.4 Å². The Morgan fingerprint density at radius 3 is 2.57 bits per heavy atom. The fraction of sp³-hybridized carbons (Fsp3) is 0.176. The van der Waals surface area contributed by atoms with E-state index in [0.717, 1.165) is 0 Å². The molecular formula is C17H19N3O3. The first-order chi connectivity index (χ1) is 11.1. The van der Waals surface area contributed by atoms with Crippen molar-refractivity contribution in [1.29, 1.82) is 0 Å². The Kier molecular flexibility index (Phi) is 5.71. The predicted octanol–water partition coefficient (Wildman–Crippen LogP) is 1.28. The van der Waals surface area contributed by atoms with Crippen molar-refractivity contribution in [3.63, 3.8) is 0 Å². The van der Waals surface area contributed by atoms with E-state index in [1.807, 2.05) is 6.07 Å². The Balaban J connectivity index is 2.20. The van der Waals surface area contributed by atoms with E-state index < -0.39 is 11.9 Å². The van der Waals surface area contributed by atoms with Crippen LogP contribution in [-0.2, 0) is 4.79 Å². The summed E-state index contributed by atoms with van der Waals surface area (Å²) in [5.41, 5.74) is 1.23. The highest BCUT2D eigenvalue weighted by molar-refractivity contribution is 6.05. The number of carbonyl (C=O) groups excluding carboxylic acids is 2. The summed E-state index contributed by atoms with van der Waals surface area (Å²) in [5.74, 6) is -0.847. The third kappa shape index (κ3) is 4.82. The molecule has 0 aliphatic heterocycles. The van der Waals surface area contributed by atoms with Gasteiger partial charge in [-0.25, -0.2) is 0 Å². The topological polar surface area (TPSA) is 94.2 Å². The summed E-state index contributed by atoms with van der Waals surface area (Å²) < 4.78 is 0. The van der Waals surface area contributed by atoms with E-state index in [1.54, 1.807) is 55.6 Å². The molecule has 1 aromatic heterocycles. The zero-order valence-corrected chi connectivity index (χ0v) is 12.7. The van der Waals surface area contributed by atoms with Crippen molar-refractivity contribution in [1.82, 2.24) is 15.6 Å². The van der Waals surface area contributed by atoms with Crippen LogP contribution in [-0.4, -0.2) is 34.6 Å². The molecule has 0 fully saturated rings. The standard InChI is InChI=1S/C17H19N3O3/c1-12(11-21)19-17(23)15(10-14-8-5-9-18-14)20-16(22)13-6-3-2-4-7-13/h2-10,12,18,21H,11H2,1H3,(H,19,23)(H,20,22)/b15-10-. The van der Waals surface area contributed by atoms with Gasteiger partial charge in [-0.3, -0.25) is 9.59 Å². The van der Waals surface area contributed by atoms with Gasteiger partial charge in [-0.15, -0.1) is 0 Å². The average Bonchev–Trinajstić information content (AvgIpc) is 3.07. The van der Waals surface area contributed by atoms with Gasteiger partial charge >= 0.3 is 0 Å². The maximum atomic E-state index is 12.3. The van der Waals surface area contributed by atoms with Crippen molar-refractivity contribution in [2.24, 2.45) is 0 Å². The summed E-state index contributed by atoms with van der Waals surface area (Å²) in [6, 6.07) is 11.8. The highest BCUT2D eigenvalue weighted by Crippen LogP contribution is 2.05. The van der Waals surface area contributed by atoms with Crippen molar-refractivity contribution < 1.29 is 14.7 Å². The number of nitrogens with one attached hydrogen (secondary N) is 3. The molecule has 1 unspecified atom stereocenters. The molecule has 2 aromatic rings. The second-order valence-electron chi connectivity index (χ2n) is 5.06. The number of benzene rings is 1. The molecule has 0 saturated heterocycles. The van der Waals surface area contributed by atoms with Crippen LogP contribution in [0.2, 0.25) is 0 Å². The maximum Gasteiger partial charge on any atom is 0.268 e. The minimum atomic E-state index is -0.467. The van der Waals surface area contributed by atoms with E-state index in [4.69, 9.17) is 5.11 Å². The molecule has 120 valence electrons. The Labute approximate surface area is 134 Å². The molecule has 2 amide bonds. The lowest BCUT2D eigenvalue weighted by Crippen LogP contribution is -2.40. The third-order valence-electron chi connectivity index (χ3n) is 3.10. The number of H-pyrrole nitrogens is 1. The SMILES string of the molecule is CC(CO)NC(=O)/C(=C/c1ccc[nH]1)NC(=O)c1ccccc1. The molecule has 4 N–H and O–H groups in total. The molecule has 0 spiro atoms. The van der Waals surface area contributed by atoms with Gasteiger partial charge < -0.3 is 20.7 Å². The molecule has 6 nitrogen and oxygen atoms in total. The molecule has 6 heteroatoms. The van der Waals surface area contributed by atoms with Crippen LogP contribution < -0.4 is 10.6 Å². The number of aromatic amines is 1. The summed E-state index contributed by atoms with van der Waals surface area (Å²) in [4.78, 5) is 27.5. The third-order valence-corrected chi connectivity index (χ3v) is 3.10. The normalized spacial score (nSPS) is 12.5. The minimum absolute atomic E-state index is 0.0987. The molecule has 0 bridgehead atoms. The molecule has 1 aromatic carbocycles. The highest BCUT2D eigenvalue weighted by atomic mass is 16.3. The lowest BCUT2D eigenvalue weighted by Gasteiger charge is -2.14. The van der Waals surface area contributed by atoms with Gasteiger partial charge in [0.15, 0.2) is 0 Å². The van der Waals surface area contributed by atoms with Gasteiger partial charge in [0.1, 0.15) is 5.70 Å². The molecular weight excluding hydrogens is 294 g/mol. The number of amides is 2. The van der Waals surface area contributed by atoms with Crippen LogP contribution in [0.1, 0.15) is 23.0 Å². The maximum absolute atomic E-state index is 12.3. The second kappa shape index (κ2) is 7.95. The molecule has 0 radical (unpaired) electrons. The van der Waals surface area contributed by atoms with E-state index >= 15 is 0 Å². The Morgan fingerprint density at radius 2 is 1.96 bits per heavy atom. The predicted molar refractivity (Wildman–Crippen MR) is 87.4 cm³/mol. The Bertz CT molecular complexity index is 678. The summed E-state index contributed by atoms with van der Waals surface area (Å²) in [6.07, 6.45) is 3.26. The van der Waals surface area contributed by atoms with Gasteiger partial charge in [-0.2, -0.15) is 0 Å². The number of carbonyl (C=O) groups is 2. The monoisotopic (exact) mass is 313 g/mol. The van der Waals surface area contributed by atoms with Crippen molar-refractivity contribution in [2.75, 3.05) is 6.61 Å². The molecule has 0 saturated carbocycles. The lowest BCUT2D eigenvalue weighted by atomic mass is 10.2. The van der Waals surface area contributed by atoms with Gasteiger partial charge in [-0.05, 0) is 37.3 Å². The van der Waals surface area contributed by atoms with Crippen molar-refractivity contribution in [3.8, 4) is 0 Å².